The molecule has 0 aliphatic carbocycles. The summed E-state index contributed by atoms with van der Waals surface area (Å²) in [5, 5.41) is 5.57. The molecule has 0 radical (unpaired) electrons. The van der Waals surface area contributed by atoms with Crippen molar-refractivity contribution >= 4 is 44.4 Å². The molecule has 1 fully saturated rings. The molecule has 0 unspecified atom stereocenters. The average molecular weight is 497 g/mol. The molecule has 1 amide bonds. The number of nitrogens with one attached hydrogen (secondary N) is 1. The fraction of sp³-hybridized carbons (Fsp3) is 0.250. The number of hydrogen-bond donors (Lipinski definition) is 1. The summed E-state index contributed by atoms with van der Waals surface area (Å²) in [6, 6.07) is 18.4. The molecule has 7 heteroatoms. The molecule has 0 atom stereocenters. The van der Waals surface area contributed by atoms with Gasteiger partial charge in [-0.3, -0.25) is 14.6 Å². The van der Waals surface area contributed by atoms with E-state index >= 15 is 0 Å². The Balaban J connectivity index is 1.20. The Bertz CT molecular complexity index is 1010. The van der Waals surface area contributed by atoms with E-state index in [0.717, 1.165) is 48.5 Å². The maximum atomic E-state index is 12.5. The van der Waals surface area contributed by atoms with Crippen LogP contribution in [-0.2, 0) is 4.79 Å². The van der Waals surface area contributed by atoms with Crippen LogP contribution in [0.4, 0.5) is 5.13 Å². The summed E-state index contributed by atoms with van der Waals surface area (Å²) < 4.78 is 1.03. The average Bonchev–Trinajstić information content (AvgIpc) is 3.24. The molecule has 0 spiro atoms. The third-order valence-corrected chi connectivity index (χ3v) is 6.48. The number of piperazine rings is 1. The zero-order valence-corrected chi connectivity index (χ0v) is 19.6. The van der Waals surface area contributed by atoms with Gasteiger partial charge in [0.15, 0.2) is 5.13 Å². The first kappa shape index (κ1) is 21.9. The van der Waals surface area contributed by atoms with Crippen molar-refractivity contribution in [1.29, 1.82) is 0 Å². The second-order valence-electron chi connectivity index (χ2n) is 7.48. The second kappa shape index (κ2) is 10.8. The van der Waals surface area contributed by atoms with Crippen molar-refractivity contribution in [2.75, 3.05) is 44.6 Å². The summed E-state index contributed by atoms with van der Waals surface area (Å²) in [6.07, 6.45) is 4.37. The number of halogens is 1. The first-order chi connectivity index (χ1) is 15.2. The van der Waals surface area contributed by atoms with Crippen molar-refractivity contribution in [3.05, 3.63) is 76.1 Å². The quantitative estimate of drug-likeness (QED) is 0.508. The second-order valence-corrected chi connectivity index (χ2v) is 9.26. The van der Waals surface area contributed by atoms with Crippen molar-refractivity contribution in [2.24, 2.45) is 0 Å². The fourth-order valence-electron chi connectivity index (χ4n) is 3.48. The van der Waals surface area contributed by atoms with E-state index in [4.69, 9.17) is 0 Å². The standard InChI is InChI=1S/C24H25BrN4OS/c25-21-10-8-20(9-11-21)22-18-31-24(26-22)27-23(30)17-29-15-13-28(14-16-29)12-4-7-19-5-2-1-3-6-19/h1-11,18H,12-17H2,(H,26,27,30)/b7-4+. The minimum absolute atomic E-state index is 0.00544. The van der Waals surface area contributed by atoms with Crippen LogP contribution in [0.5, 0.6) is 0 Å². The normalized spacial score (nSPS) is 15.4. The lowest BCUT2D eigenvalue weighted by atomic mass is 10.2. The molecule has 3 aromatic rings. The maximum Gasteiger partial charge on any atom is 0.240 e. The molecule has 0 bridgehead atoms. The van der Waals surface area contributed by atoms with Gasteiger partial charge in [0, 0.05) is 48.1 Å². The van der Waals surface area contributed by atoms with Crippen molar-refractivity contribution in [1.82, 2.24) is 14.8 Å². The summed E-state index contributed by atoms with van der Waals surface area (Å²) in [5.41, 5.74) is 3.14. The number of amides is 1. The first-order valence-corrected chi connectivity index (χ1v) is 12.0. The molecule has 1 aromatic heterocycles. The van der Waals surface area contributed by atoms with Gasteiger partial charge < -0.3 is 5.32 Å². The molecule has 0 saturated carbocycles. The number of nitrogens with zero attached hydrogens (tertiary/aromatic N) is 3. The molecule has 160 valence electrons. The number of anilines is 1. The van der Waals surface area contributed by atoms with Crippen molar-refractivity contribution in [3.63, 3.8) is 0 Å². The smallest absolute Gasteiger partial charge is 0.240 e. The van der Waals surface area contributed by atoms with Gasteiger partial charge in [-0.25, -0.2) is 4.98 Å². The van der Waals surface area contributed by atoms with Gasteiger partial charge in [0.25, 0.3) is 0 Å². The minimum atomic E-state index is -0.00544. The van der Waals surface area contributed by atoms with Crippen LogP contribution in [0.25, 0.3) is 17.3 Å². The van der Waals surface area contributed by atoms with Gasteiger partial charge in [-0.05, 0) is 17.7 Å². The van der Waals surface area contributed by atoms with Crippen LogP contribution in [0, 0.1) is 0 Å². The van der Waals surface area contributed by atoms with Gasteiger partial charge in [-0.1, -0.05) is 70.5 Å². The fourth-order valence-corrected chi connectivity index (χ4v) is 4.48. The van der Waals surface area contributed by atoms with E-state index in [2.05, 4.69) is 72.4 Å². The first-order valence-electron chi connectivity index (χ1n) is 10.3. The van der Waals surface area contributed by atoms with Crippen molar-refractivity contribution in [2.45, 2.75) is 0 Å². The maximum absolute atomic E-state index is 12.5. The van der Waals surface area contributed by atoms with Crippen LogP contribution in [0.3, 0.4) is 0 Å². The summed E-state index contributed by atoms with van der Waals surface area (Å²) in [7, 11) is 0. The van der Waals surface area contributed by atoms with Gasteiger partial charge >= 0.3 is 0 Å². The Morgan fingerprint density at radius 3 is 2.48 bits per heavy atom. The summed E-state index contributed by atoms with van der Waals surface area (Å²) in [5.74, 6) is -0.00544. The Labute approximate surface area is 195 Å². The van der Waals surface area contributed by atoms with Crippen molar-refractivity contribution < 1.29 is 4.79 Å². The van der Waals surface area contributed by atoms with E-state index in [9.17, 15) is 4.79 Å². The molecule has 4 rings (SSSR count). The predicted molar refractivity (Wildman–Crippen MR) is 132 cm³/mol. The number of aromatic nitrogens is 1. The Hall–Kier alpha value is -2.32. The van der Waals surface area contributed by atoms with Crippen molar-refractivity contribution in [3.8, 4) is 11.3 Å². The summed E-state index contributed by atoms with van der Waals surface area (Å²) in [6.45, 7) is 5.08. The molecule has 1 aliphatic heterocycles. The summed E-state index contributed by atoms with van der Waals surface area (Å²) >= 11 is 4.90. The van der Waals surface area contributed by atoms with Gasteiger partial charge in [0.2, 0.25) is 5.91 Å². The van der Waals surface area contributed by atoms with Crippen LogP contribution < -0.4 is 5.32 Å². The molecule has 2 aromatic carbocycles. The van der Waals surface area contributed by atoms with Crippen LogP contribution in [-0.4, -0.2) is 60.0 Å². The third-order valence-electron chi connectivity index (χ3n) is 5.20. The topological polar surface area (TPSA) is 48.5 Å². The number of rotatable bonds is 7. The Morgan fingerprint density at radius 2 is 1.74 bits per heavy atom. The van der Waals surface area contributed by atoms with Crippen LogP contribution >= 0.6 is 27.3 Å². The van der Waals surface area contributed by atoms with Crippen LogP contribution in [0.1, 0.15) is 5.56 Å². The van der Waals surface area contributed by atoms with E-state index in [1.54, 1.807) is 0 Å². The minimum Gasteiger partial charge on any atom is -0.301 e. The number of benzene rings is 2. The van der Waals surface area contributed by atoms with Crippen LogP contribution in [0.2, 0.25) is 0 Å². The molecular weight excluding hydrogens is 472 g/mol. The number of hydrogen-bond acceptors (Lipinski definition) is 5. The lowest BCUT2D eigenvalue weighted by Crippen LogP contribution is -2.48. The van der Waals surface area contributed by atoms with Gasteiger partial charge in [-0.15, -0.1) is 11.3 Å². The highest BCUT2D eigenvalue weighted by Crippen LogP contribution is 2.26. The lowest BCUT2D eigenvalue weighted by Gasteiger charge is -2.33. The monoisotopic (exact) mass is 496 g/mol. The highest BCUT2D eigenvalue weighted by molar-refractivity contribution is 9.10. The summed E-state index contributed by atoms with van der Waals surface area (Å²) in [4.78, 5) is 21.6. The number of thiazole rings is 1. The Kier molecular flexibility index (Phi) is 7.64. The largest absolute Gasteiger partial charge is 0.301 e. The highest BCUT2D eigenvalue weighted by Gasteiger charge is 2.18. The number of carbonyl (C=O) groups excluding carboxylic acids is 1. The molecular formula is C24H25BrN4OS. The van der Waals surface area contributed by atoms with E-state index in [0.29, 0.717) is 11.7 Å². The van der Waals surface area contributed by atoms with E-state index in [1.807, 2.05) is 35.7 Å². The Morgan fingerprint density at radius 1 is 1.03 bits per heavy atom. The van der Waals surface area contributed by atoms with Gasteiger partial charge in [0.1, 0.15) is 0 Å². The van der Waals surface area contributed by atoms with E-state index in [1.165, 1.54) is 16.9 Å². The number of carbonyl (C=O) groups is 1. The van der Waals surface area contributed by atoms with Gasteiger partial charge in [0.05, 0.1) is 12.2 Å². The zero-order chi connectivity index (χ0) is 21.5. The SMILES string of the molecule is O=C(CN1CCN(C/C=C/c2ccccc2)CC1)Nc1nc(-c2ccc(Br)cc2)cs1. The molecule has 1 aliphatic rings. The van der Waals surface area contributed by atoms with E-state index < -0.39 is 0 Å². The molecule has 31 heavy (non-hydrogen) atoms. The third kappa shape index (κ3) is 6.58. The predicted octanol–water partition coefficient (Wildman–Crippen LogP) is 4.84. The molecule has 5 nitrogen and oxygen atoms in total. The molecule has 2 heterocycles. The molecule has 1 saturated heterocycles. The van der Waals surface area contributed by atoms with E-state index in [-0.39, 0.29) is 5.91 Å². The van der Waals surface area contributed by atoms with Crippen LogP contribution in [0.15, 0.2) is 70.5 Å². The van der Waals surface area contributed by atoms with Gasteiger partial charge in [-0.2, -0.15) is 0 Å². The highest BCUT2D eigenvalue weighted by atomic mass is 79.9. The zero-order valence-electron chi connectivity index (χ0n) is 17.2. The lowest BCUT2D eigenvalue weighted by molar-refractivity contribution is -0.117. The molecule has 1 N–H and O–H groups in total.